The number of methoxy groups -OCH3 is 1. The highest BCUT2D eigenvalue weighted by molar-refractivity contribution is 6.30. The molecule has 0 amide bonds. The molecule has 1 unspecified atom stereocenters. The van der Waals surface area contributed by atoms with Crippen LogP contribution in [0.15, 0.2) is 18.2 Å². The van der Waals surface area contributed by atoms with Gasteiger partial charge in [-0.3, -0.25) is 0 Å². The number of nitrogens with one attached hydrogen (secondary N) is 1. The maximum atomic E-state index is 6.10. The Kier molecular flexibility index (Phi) is 6.67. The van der Waals surface area contributed by atoms with E-state index in [-0.39, 0.29) is 5.41 Å². The second-order valence-corrected chi connectivity index (χ2v) is 5.91. The molecule has 1 N–H and O–H groups in total. The van der Waals surface area contributed by atoms with Crippen LogP contribution in [-0.4, -0.2) is 20.2 Å². The molecule has 2 nitrogen and oxygen atoms in total. The molecule has 0 aromatic heterocycles. The summed E-state index contributed by atoms with van der Waals surface area (Å²) in [4.78, 5) is 0. The first kappa shape index (κ1) is 16.3. The molecule has 0 spiro atoms. The summed E-state index contributed by atoms with van der Waals surface area (Å²) >= 11 is 6.10. The van der Waals surface area contributed by atoms with Gasteiger partial charge in [0.25, 0.3) is 0 Å². The van der Waals surface area contributed by atoms with Crippen molar-refractivity contribution in [3.05, 3.63) is 28.8 Å². The van der Waals surface area contributed by atoms with Crippen LogP contribution in [0.3, 0.4) is 0 Å². The second kappa shape index (κ2) is 7.76. The maximum absolute atomic E-state index is 6.10. The molecule has 0 aliphatic heterocycles. The zero-order chi connectivity index (χ0) is 14.3. The Labute approximate surface area is 122 Å². The smallest absolute Gasteiger partial charge is 0.122 e. The molecule has 0 aliphatic carbocycles. The molecule has 1 aromatic rings. The first-order valence-electron chi connectivity index (χ1n) is 7.07. The van der Waals surface area contributed by atoms with E-state index >= 15 is 0 Å². The fourth-order valence-electron chi connectivity index (χ4n) is 2.22. The van der Waals surface area contributed by atoms with Gasteiger partial charge >= 0.3 is 0 Å². The number of halogens is 1. The van der Waals surface area contributed by atoms with Crippen LogP contribution < -0.4 is 10.1 Å². The van der Waals surface area contributed by atoms with Gasteiger partial charge in [0.05, 0.1) is 7.11 Å². The van der Waals surface area contributed by atoms with Gasteiger partial charge in [-0.25, -0.2) is 0 Å². The van der Waals surface area contributed by atoms with E-state index in [4.69, 9.17) is 16.3 Å². The second-order valence-electron chi connectivity index (χ2n) is 5.47. The van der Waals surface area contributed by atoms with Crippen molar-refractivity contribution in [3.8, 4) is 5.75 Å². The molecule has 3 heteroatoms. The van der Waals surface area contributed by atoms with Crippen LogP contribution in [-0.2, 0) is 6.42 Å². The first-order valence-corrected chi connectivity index (χ1v) is 7.45. The van der Waals surface area contributed by atoms with Crippen LogP contribution in [0.2, 0.25) is 5.02 Å². The summed E-state index contributed by atoms with van der Waals surface area (Å²) in [6.07, 6.45) is 3.27. The van der Waals surface area contributed by atoms with Gasteiger partial charge in [-0.05, 0) is 55.0 Å². The molecule has 0 heterocycles. The minimum Gasteiger partial charge on any atom is -0.496 e. The average molecular weight is 284 g/mol. The molecule has 19 heavy (non-hydrogen) atoms. The van der Waals surface area contributed by atoms with Crippen LogP contribution in [0.5, 0.6) is 5.75 Å². The van der Waals surface area contributed by atoms with Crippen molar-refractivity contribution in [2.24, 2.45) is 5.41 Å². The lowest BCUT2D eigenvalue weighted by atomic mass is 9.81. The Morgan fingerprint density at radius 3 is 2.63 bits per heavy atom. The Morgan fingerprint density at radius 1 is 1.32 bits per heavy atom. The molecule has 0 fully saturated rings. The lowest BCUT2D eigenvalue weighted by Crippen LogP contribution is -2.33. The van der Waals surface area contributed by atoms with Gasteiger partial charge in [-0.1, -0.05) is 32.4 Å². The van der Waals surface area contributed by atoms with E-state index < -0.39 is 0 Å². The Bertz CT molecular complexity index is 394. The number of hydrogen-bond acceptors (Lipinski definition) is 2. The normalized spacial score (nSPS) is 14.2. The number of hydrogen-bond donors (Lipinski definition) is 1. The van der Waals surface area contributed by atoms with Crippen molar-refractivity contribution in [3.63, 3.8) is 0 Å². The molecule has 1 rings (SSSR count). The van der Waals surface area contributed by atoms with Crippen molar-refractivity contribution >= 4 is 11.6 Å². The van der Waals surface area contributed by atoms with Crippen LogP contribution in [0.1, 0.15) is 39.2 Å². The quantitative estimate of drug-likeness (QED) is 0.718. The topological polar surface area (TPSA) is 21.3 Å². The van der Waals surface area contributed by atoms with E-state index in [1.54, 1.807) is 7.11 Å². The van der Waals surface area contributed by atoms with Crippen molar-refractivity contribution in [1.29, 1.82) is 0 Å². The largest absolute Gasteiger partial charge is 0.496 e. The summed E-state index contributed by atoms with van der Waals surface area (Å²) < 4.78 is 5.44. The van der Waals surface area contributed by atoms with Crippen LogP contribution >= 0.6 is 11.6 Å². The number of ether oxygens (including phenoxy) is 1. The van der Waals surface area contributed by atoms with Gasteiger partial charge in [-0.2, -0.15) is 0 Å². The van der Waals surface area contributed by atoms with Crippen molar-refractivity contribution < 1.29 is 4.74 Å². The minimum absolute atomic E-state index is 0.229. The van der Waals surface area contributed by atoms with Gasteiger partial charge in [0.1, 0.15) is 5.75 Å². The first-order chi connectivity index (χ1) is 9.04. The molecule has 1 aromatic carbocycles. The summed E-state index contributed by atoms with van der Waals surface area (Å²) in [6, 6.07) is 5.85. The standard InChI is InChI=1S/C16H26ClNO/c1-5-9-18-12-16(3,6-2)11-13-10-14(17)7-8-15(13)19-4/h7-8,10,18H,5-6,9,11-12H2,1-4H3. The zero-order valence-corrected chi connectivity index (χ0v) is 13.3. The van der Waals surface area contributed by atoms with Crippen molar-refractivity contribution in [2.45, 2.75) is 40.0 Å². The number of rotatable bonds is 8. The highest BCUT2D eigenvalue weighted by atomic mass is 35.5. The van der Waals surface area contributed by atoms with E-state index in [1.807, 2.05) is 18.2 Å². The monoisotopic (exact) mass is 283 g/mol. The minimum atomic E-state index is 0.229. The summed E-state index contributed by atoms with van der Waals surface area (Å²) in [7, 11) is 1.71. The Balaban J connectivity index is 2.81. The average Bonchev–Trinajstić information content (AvgIpc) is 2.39. The molecule has 0 bridgehead atoms. The van der Waals surface area contributed by atoms with E-state index in [0.29, 0.717) is 0 Å². The van der Waals surface area contributed by atoms with E-state index in [1.165, 1.54) is 12.0 Å². The zero-order valence-electron chi connectivity index (χ0n) is 12.6. The van der Waals surface area contributed by atoms with Crippen LogP contribution in [0.4, 0.5) is 0 Å². The lowest BCUT2D eigenvalue weighted by Gasteiger charge is -2.29. The molecular weight excluding hydrogens is 258 g/mol. The van der Waals surface area contributed by atoms with E-state index in [0.717, 1.165) is 36.7 Å². The third kappa shape index (κ3) is 5.04. The Morgan fingerprint density at radius 2 is 2.05 bits per heavy atom. The molecule has 0 saturated heterocycles. The van der Waals surface area contributed by atoms with Gasteiger partial charge in [0.2, 0.25) is 0 Å². The van der Waals surface area contributed by atoms with Crippen molar-refractivity contribution in [2.75, 3.05) is 20.2 Å². The summed E-state index contributed by atoms with van der Waals surface area (Å²) in [6.45, 7) is 8.84. The van der Waals surface area contributed by atoms with E-state index in [9.17, 15) is 0 Å². The highest BCUT2D eigenvalue weighted by Gasteiger charge is 2.23. The van der Waals surface area contributed by atoms with Gasteiger partial charge in [0, 0.05) is 11.6 Å². The SMILES string of the molecule is CCCNCC(C)(CC)Cc1cc(Cl)ccc1OC. The third-order valence-corrected chi connectivity index (χ3v) is 3.93. The van der Waals surface area contributed by atoms with Crippen molar-refractivity contribution in [1.82, 2.24) is 5.32 Å². The predicted molar refractivity (Wildman–Crippen MR) is 83.3 cm³/mol. The molecular formula is C16H26ClNO. The molecule has 0 radical (unpaired) electrons. The summed E-state index contributed by atoms with van der Waals surface area (Å²) in [5.74, 6) is 0.930. The highest BCUT2D eigenvalue weighted by Crippen LogP contribution is 2.32. The predicted octanol–water partition coefficient (Wildman–Crippen LogP) is 4.31. The third-order valence-electron chi connectivity index (χ3n) is 3.69. The molecule has 1 atom stereocenters. The van der Waals surface area contributed by atoms with Crippen LogP contribution in [0.25, 0.3) is 0 Å². The van der Waals surface area contributed by atoms with Gasteiger partial charge in [-0.15, -0.1) is 0 Å². The Hall–Kier alpha value is -0.730. The fraction of sp³-hybridized carbons (Fsp3) is 0.625. The lowest BCUT2D eigenvalue weighted by molar-refractivity contribution is 0.286. The molecule has 108 valence electrons. The molecule has 0 aliphatic rings. The van der Waals surface area contributed by atoms with E-state index in [2.05, 4.69) is 26.1 Å². The van der Waals surface area contributed by atoms with Gasteiger partial charge in [0.15, 0.2) is 0 Å². The molecule has 0 saturated carbocycles. The summed E-state index contributed by atoms with van der Waals surface area (Å²) in [5, 5.41) is 4.30. The summed E-state index contributed by atoms with van der Waals surface area (Å²) in [5.41, 5.74) is 1.42. The van der Waals surface area contributed by atoms with Crippen LogP contribution in [0, 0.1) is 5.41 Å². The fourth-order valence-corrected chi connectivity index (χ4v) is 2.42. The maximum Gasteiger partial charge on any atom is 0.122 e. The van der Waals surface area contributed by atoms with Gasteiger partial charge < -0.3 is 10.1 Å². The number of benzene rings is 1.